The van der Waals surface area contributed by atoms with Gasteiger partial charge in [-0.05, 0) is 36.2 Å². The highest BCUT2D eigenvalue weighted by Crippen LogP contribution is 2.22. The Morgan fingerprint density at radius 1 is 1.25 bits per heavy atom. The monoisotopic (exact) mass is 401 g/mol. The number of aliphatic hydroxyl groups excluding tert-OH is 1. The van der Waals surface area contributed by atoms with E-state index in [2.05, 4.69) is 11.9 Å². The fourth-order valence-electron chi connectivity index (χ4n) is 3.19. The van der Waals surface area contributed by atoms with Crippen LogP contribution in [0.3, 0.4) is 0 Å². The Balaban J connectivity index is 1.86. The van der Waals surface area contributed by atoms with E-state index in [4.69, 9.17) is 16.3 Å². The lowest BCUT2D eigenvalue weighted by atomic mass is 10.2. The molecule has 0 saturated carbocycles. The number of unbranched alkanes of at least 4 members (excludes halogenated alkanes) is 1. The molecule has 0 saturated heterocycles. The van der Waals surface area contributed by atoms with E-state index in [-0.39, 0.29) is 12.6 Å². The summed E-state index contributed by atoms with van der Waals surface area (Å²) in [7, 11) is 1.37. The van der Waals surface area contributed by atoms with Gasteiger partial charge < -0.3 is 19.0 Å². The van der Waals surface area contributed by atoms with Crippen LogP contribution in [0.25, 0.3) is 5.69 Å². The number of ether oxygens (including phenoxy) is 1. The maximum Gasteiger partial charge on any atom is 0.355 e. The normalized spacial score (nSPS) is 11.0. The minimum atomic E-state index is -0.379. The summed E-state index contributed by atoms with van der Waals surface area (Å²) in [5.74, 6) is 0.508. The highest BCUT2D eigenvalue weighted by Gasteiger charge is 2.16. The van der Waals surface area contributed by atoms with Crippen LogP contribution in [0, 0.1) is 0 Å². The van der Waals surface area contributed by atoms with Crippen molar-refractivity contribution in [2.45, 2.75) is 39.3 Å². The zero-order chi connectivity index (χ0) is 20.1. The first-order valence-electron chi connectivity index (χ1n) is 9.28. The fourth-order valence-corrected chi connectivity index (χ4v) is 3.45. The van der Waals surface area contributed by atoms with Crippen molar-refractivity contribution in [1.82, 2.24) is 14.1 Å². The van der Waals surface area contributed by atoms with Crippen LogP contribution in [-0.4, -0.2) is 32.3 Å². The molecule has 148 valence electrons. The molecule has 3 aromatic rings. The van der Waals surface area contributed by atoms with Crippen LogP contribution < -0.4 is 0 Å². The number of benzene rings is 1. The number of hydrogen-bond donors (Lipinski definition) is 1. The van der Waals surface area contributed by atoms with E-state index in [0.29, 0.717) is 23.1 Å². The predicted octanol–water partition coefficient (Wildman–Crippen LogP) is 4.00. The minimum absolute atomic E-state index is 0.151. The maximum absolute atomic E-state index is 11.9. The van der Waals surface area contributed by atoms with Crippen molar-refractivity contribution in [1.29, 1.82) is 0 Å². The fraction of sp³-hybridized carbons (Fsp3) is 0.333. The van der Waals surface area contributed by atoms with Gasteiger partial charge in [0.1, 0.15) is 11.5 Å². The molecule has 1 N–H and O–H groups in total. The van der Waals surface area contributed by atoms with Crippen LogP contribution in [0.15, 0.2) is 42.6 Å². The first-order valence-corrected chi connectivity index (χ1v) is 9.66. The predicted molar refractivity (Wildman–Crippen MR) is 108 cm³/mol. The van der Waals surface area contributed by atoms with Crippen LogP contribution in [0.4, 0.5) is 0 Å². The summed E-state index contributed by atoms with van der Waals surface area (Å²) in [6, 6.07) is 11.4. The third kappa shape index (κ3) is 4.13. The molecule has 0 aliphatic heterocycles. The number of imidazole rings is 1. The summed E-state index contributed by atoms with van der Waals surface area (Å²) in [6.07, 6.45) is 4.72. The summed E-state index contributed by atoms with van der Waals surface area (Å²) in [5.41, 5.74) is 3.03. The van der Waals surface area contributed by atoms with Crippen molar-refractivity contribution in [2.24, 2.45) is 0 Å². The number of rotatable bonds is 8. The molecule has 0 radical (unpaired) electrons. The van der Waals surface area contributed by atoms with Crippen molar-refractivity contribution < 1.29 is 14.6 Å². The molecule has 28 heavy (non-hydrogen) atoms. The number of carbonyl (C=O) groups excluding carboxylic acids is 1. The lowest BCUT2D eigenvalue weighted by molar-refractivity contribution is 0.0591. The molecule has 2 aromatic heterocycles. The quantitative estimate of drug-likeness (QED) is 0.579. The molecule has 7 heteroatoms. The number of nitrogens with zero attached hydrogens (tertiary/aromatic N) is 3. The van der Waals surface area contributed by atoms with Gasteiger partial charge in [-0.15, -0.1) is 0 Å². The Hall–Kier alpha value is -2.57. The molecule has 1 aromatic carbocycles. The first-order chi connectivity index (χ1) is 13.6. The molecule has 0 aliphatic rings. The van der Waals surface area contributed by atoms with Crippen molar-refractivity contribution in [2.75, 3.05) is 7.11 Å². The molecule has 0 unspecified atom stereocenters. The number of aliphatic hydroxyl groups is 1. The molecule has 0 atom stereocenters. The van der Waals surface area contributed by atoms with Crippen LogP contribution in [-0.2, 0) is 24.3 Å². The zero-order valence-electron chi connectivity index (χ0n) is 16.1. The minimum Gasteiger partial charge on any atom is -0.464 e. The Bertz CT molecular complexity index is 944. The smallest absolute Gasteiger partial charge is 0.355 e. The van der Waals surface area contributed by atoms with Gasteiger partial charge in [-0.3, -0.25) is 0 Å². The molecule has 0 spiro atoms. The Kier molecular flexibility index (Phi) is 6.54. The number of esters is 1. The maximum atomic E-state index is 11.9. The summed E-state index contributed by atoms with van der Waals surface area (Å²) in [6.45, 7) is 2.55. The molecule has 0 amide bonds. The zero-order valence-corrected chi connectivity index (χ0v) is 16.8. The topological polar surface area (TPSA) is 69.3 Å². The van der Waals surface area contributed by atoms with Crippen LogP contribution in [0.5, 0.6) is 0 Å². The van der Waals surface area contributed by atoms with Crippen LogP contribution in [0.2, 0.25) is 5.15 Å². The lowest BCUT2D eigenvalue weighted by Crippen LogP contribution is -2.10. The van der Waals surface area contributed by atoms with Crippen LogP contribution >= 0.6 is 11.6 Å². The summed E-state index contributed by atoms with van der Waals surface area (Å²) in [4.78, 5) is 16.3. The number of carbonyl (C=O) groups is 1. The van der Waals surface area contributed by atoms with Gasteiger partial charge in [-0.2, -0.15) is 0 Å². The number of aryl methyl sites for hydroxylation is 1. The second-order valence-corrected chi connectivity index (χ2v) is 6.89. The van der Waals surface area contributed by atoms with E-state index in [0.717, 1.165) is 36.3 Å². The molecule has 0 bridgehead atoms. The number of aromatic nitrogens is 3. The van der Waals surface area contributed by atoms with Crippen LogP contribution in [0.1, 0.15) is 47.3 Å². The second-order valence-electron chi connectivity index (χ2n) is 6.53. The van der Waals surface area contributed by atoms with Gasteiger partial charge in [0.05, 0.1) is 19.4 Å². The van der Waals surface area contributed by atoms with Crippen molar-refractivity contribution >= 4 is 17.6 Å². The van der Waals surface area contributed by atoms with E-state index in [9.17, 15) is 9.90 Å². The van der Waals surface area contributed by atoms with E-state index < -0.39 is 0 Å². The van der Waals surface area contributed by atoms with E-state index in [1.165, 1.54) is 7.11 Å². The third-order valence-corrected chi connectivity index (χ3v) is 5.01. The standard InChI is InChI=1S/C21H24ClN3O3/c1-3-4-7-19-23-20(22)18(14-26)25(19)13-15-8-10-16(11-9-15)24-12-5-6-17(24)21(27)28-2/h5-6,8-12,26H,3-4,7,13-14H2,1-2H3. The van der Waals surface area contributed by atoms with E-state index in [1.807, 2.05) is 35.0 Å². The summed E-state index contributed by atoms with van der Waals surface area (Å²) < 4.78 is 8.60. The molecule has 0 aliphatic carbocycles. The van der Waals surface area contributed by atoms with Gasteiger partial charge in [0, 0.05) is 24.8 Å². The average Bonchev–Trinajstić information content (AvgIpc) is 3.31. The molecule has 2 heterocycles. The Morgan fingerprint density at radius 3 is 2.64 bits per heavy atom. The van der Waals surface area contributed by atoms with E-state index in [1.54, 1.807) is 16.7 Å². The molecular formula is C21H24ClN3O3. The summed E-state index contributed by atoms with van der Waals surface area (Å²) >= 11 is 6.21. The first kappa shape index (κ1) is 20.2. The largest absolute Gasteiger partial charge is 0.464 e. The van der Waals surface area contributed by atoms with Crippen molar-refractivity contribution in [3.05, 3.63) is 70.5 Å². The Labute approximate surface area is 169 Å². The van der Waals surface area contributed by atoms with Crippen molar-refractivity contribution in [3.8, 4) is 5.69 Å². The Morgan fingerprint density at radius 2 is 2.00 bits per heavy atom. The lowest BCUT2D eigenvalue weighted by Gasteiger charge is -2.13. The number of hydrogen-bond acceptors (Lipinski definition) is 4. The van der Waals surface area contributed by atoms with Gasteiger partial charge in [0.15, 0.2) is 5.15 Å². The molecule has 6 nitrogen and oxygen atoms in total. The van der Waals surface area contributed by atoms with Gasteiger partial charge >= 0.3 is 5.97 Å². The highest BCUT2D eigenvalue weighted by atomic mass is 35.5. The van der Waals surface area contributed by atoms with Gasteiger partial charge in [-0.1, -0.05) is 37.1 Å². The SMILES string of the molecule is CCCCc1nc(Cl)c(CO)n1Cc1ccc(-n2cccc2C(=O)OC)cc1. The number of methoxy groups -OCH3 is 1. The highest BCUT2D eigenvalue weighted by molar-refractivity contribution is 6.30. The summed E-state index contributed by atoms with van der Waals surface area (Å²) in [5, 5.41) is 10.1. The second kappa shape index (κ2) is 9.08. The average molecular weight is 402 g/mol. The van der Waals surface area contributed by atoms with Crippen molar-refractivity contribution in [3.63, 3.8) is 0 Å². The van der Waals surface area contributed by atoms with Gasteiger partial charge in [0.25, 0.3) is 0 Å². The molecular weight excluding hydrogens is 378 g/mol. The third-order valence-electron chi connectivity index (χ3n) is 4.70. The van der Waals surface area contributed by atoms with E-state index >= 15 is 0 Å². The molecule has 3 rings (SSSR count). The van der Waals surface area contributed by atoms with Gasteiger partial charge in [0.2, 0.25) is 0 Å². The molecule has 0 fully saturated rings. The van der Waals surface area contributed by atoms with Gasteiger partial charge in [-0.25, -0.2) is 9.78 Å². The number of halogens is 1.